The van der Waals surface area contributed by atoms with Gasteiger partial charge in [0.05, 0.1) is 24.0 Å². The number of carbonyl (C=O) groups excluding carboxylic acids is 2. The lowest BCUT2D eigenvalue weighted by atomic mass is 10.1. The van der Waals surface area contributed by atoms with Gasteiger partial charge in [-0.05, 0) is 48.2 Å². The maximum Gasteiger partial charge on any atom is 0.344 e. The molecular formula is C23H22N2O6S. The summed E-state index contributed by atoms with van der Waals surface area (Å²) in [6.45, 7) is 1.12. The number of rotatable bonds is 8. The van der Waals surface area contributed by atoms with Gasteiger partial charge in [0.15, 0.2) is 24.7 Å². The number of amides is 1. The zero-order valence-electron chi connectivity index (χ0n) is 17.6. The SMILES string of the molecule is COc1cc(C)ccc1OCC(=O)OCC(=O)N1N=C(c2cccs2)CC1c1ccco1. The molecule has 1 unspecified atom stereocenters. The number of thiophene rings is 1. The number of hydrogen-bond acceptors (Lipinski definition) is 8. The molecule has 8 nitrogen and oxygen atoms in total. The summed E-state index contributed by atoms with van der Waals surface area (Å²) in [6.07, 6.45) is 2.07. The Labute approximate surface area is 189 Å². The third-order valence-corrected chi connectivity index (χ3v) is 5.78. The van der Waals surface area contributed by atoms with Gasteiger partial charge in [0.25, 0.3) is 5.91 Å². The molecule has 9 heteroatoms. The van der Waals surface area contributed by atoms with E-state index in [0.29, 0.717) is 23.7 Å². The largest absolute Gasteiger partial charge is 0.493 e. The van der Waals surface area contributed by atoms with Crippen molar-refractivity contribution in [3.63, 3.8) is 0 Å². The molecule has 166 valence electrons. The molecule has 1 aliphatic heterocycles. The molecule has 3 aromatic rings. The van der Waals surface area contributed by atoms with Crippen LogP contribution >= 0.6 is 11.3 Å². The molecule has 2 aromatic heterocycles. The zero-order chi connectivity index (χ0) is 22.5. The third kappa shape index (κ3) is 4.83. The Morgan fingerprint density at radius 1 is 1.19 bits per heavy atom. The van der Waals surface area contributed by atoms with E-state index < -0.39 is 18.5 Å². The second kappa shape index (κ2) is 9.69. The molecule has 0 radical (unpaired) electrons. The molecule has 1 atom stereocenters. The molecule has 3 heterocycles. The first-order valence-electron chi connectivity index (χ1n) is 9.95. The van der Waals surface area contributed by atoms with Crippen LogP contribution in [0.3, 0.4) is 0 Å². The average molecular weight is 455 g/mol. The molecule has 1 amide bonds. The maximum absolute atomic E-state index is 12.8. The van der Waals surface area contributed by atoms with Crippen molar-refractivity contribution in [1.82, 2.24) is 5.01 Å². The van der Waals surface area contributed by atoms with Gasteiger partial charge in [0, 0.05) is 6.42 Å². The van der Waals surface area contributed by atoms with E-state index >= 15 is 0 Å². The van der Waals surface area contributed by atoms with Crippen LogP contribution in [0.1, 0.15) is 28.7 Å². The van der Waals surface area contributed by atoms with E-state index in [1.807, 2.05) is 30.5 Å². The van der Waals surface area contributed by atoms with E-state index in [2.05, 4.69) is 5.10 Å². The van der Waals surface area contributed by atoms with Crippen molar-refractivity contribution in [3.8, 4) is 11.5 Å². The van der Waals surface area contributed by atoms with Crippen LogP contribution in [0.4, 0.5) is 0 Å². The fourth-order valence-corrected chi connectivity index (χ4v) is 4.04. The second-order valence-electron chi connectivity index (χ2n) is 7.10. The lowest BCUT2D eigenvalue weighted by molar-refractivity contribution is -0.154. The lowest BCUT2D eigenvalue weighted by Gasteiger charge is -2.19. The van der Waals surface area contributed by atoms with Crippen molar-refractivity contribution < 1.29 is 28.2 Å². The van der Waals surface area contributed by atoms with Crippen LogP contribution in [-0.2, 0) is 14.3 Å². The number of ether oxygens (including phenoxy) is 3. The molecule has 0 saturated heterocycles. The van der Waals surface area contributed by atoms with Crippen molar-refractivity contribution in [2.24, 2.45) is 5.10 Å². The molecule has 0 aliphatic carbocycles. The number of esters is 1. The van der Waals surface area contributed by atoms with Gasteiger partial charge in [-0.15, -0.1) is 11.3 Å². The van der Waals surface area contributed by atoms with E-state index in [1.54, 1.807) is 41.9 Å². The third-order valence-electron chi connectivity index (χ3n) is 4.86. The summed E-state index contributed by atoms with van der Waals surface area (Å²) >= 11 is 1.55. The topological polar surface area (TPSA) is 90.6 Å². The number of hydrogen-bond donors (Lipinski definition) is 0. The quantitative estimate of drug-likeness (QED) is 0.479. The highest BCUT2D eigenvalue weighted by Gasteiger charge is 2.35. The monoisotopic (exact) mass is 454 g/mol. The highest BCUT2D eigenvalue weighted by atomic mass is 32.1. The number of nitrogens with zero attached hydrogens (tertiary/aromatic N) is 2. The van der Waals surface area contributed by atoms with Crippen molar-refractivity contribution in [3.05, 3.63) is 70.3 Å². The van der Waals surface area contributed by atoms with Crippen LogP contribution in [0.5, 0.6) is 11.5 Å². The van der Waals surface area contributed by atoms with Crippen LogP contribution in [0, 0.1) is 6.92 Å². The molecule has 0 spiro atoms. The Kier molecular flexibility index (Phi) is 6.55. The molecule has 0 N–H and O–H groups in total. The number of carbonyl (C=O) groups is 2. The van der Waals surface area contributed by atoms with Crippen LogP contribution in [0.25, 0.3) is 0 Å². The van der Waals surface area contributed by atoms with Crippen LogP contribution in [-0.4, -0.2) is 42.9 Å². The molecule has 1 aliphatic rings. The number of aryl methyl sites for hydroxylation is 1. The van der Waals surface area contributed by atoms with Crippen molar-refractivity contribution >= 4 is 28.9 Å². The fourth-order valence-electron chi connectivity index (χ4n) is 3.32. The van der Waals surface area contributed by atoms with Gasteiger partial charge in [0.1, 0.15) is 11.8 Å². The van der Waals surface area contributed by atoms with Crippen molar-refractivity contribution in [2.75, 3.05) is 20.3 Å². The van der Waals surface area contributed by atoms with Gasteiger partial charge in [-0.2, -0.15) is 5.10 Å². The van der Waals surface area contributed by atoms with Gasteiger partial charge >= 0.3 is 5.97 Å². The van der Waals surface area contributed by atoms with Gasteiger partial charge < -0.3 is 18.6 Å². The maximum atomic E-state index is 12.8. The molecule has 0 saturated carbocycles. The summed E-state index contributed by atoms with van der Waals surface area (Å²) in [6, 6.07) is 12.4. The van der Waals surface area contributed by atoms with E-state index in [4.69, 9.17) is 18.6 Å². The summed E-state index contributed by atoms with van der Waals surface area (Å²) in [5.41, 5.74) is 1.79. The van der Waals surface area contributed by atoms with Gasteiger partial charge in [0.2, 0.25) is 0 Å². The molecule has 0 fully saturated rings. The Hall–Kier alpha value is -3.59. The number of furan rings is 1. The Bertz CT molecular complexity index is 1110. The Morgan fingerprint density at radius 2 is 2.06 bits per heavy atom. The normalized spacial score (nSPS) is 15.4. The van der Waals surface area contributed by atoms with Crippen LogP contribution in [0.2, 0.25) is 0 Å². The highest BCUT2D eigenvalue weighted by molar-refractivity contribution is 7.12. The first kappa shape index (κ1) is 21.6. The predicted octanol–water partition coefficient (Wildman–Crippen LogP) is 3.96. The molecular weight excluding hydrogens is 432 g/mol. The summed E-state index contributed by atoms with van der Waals surface area (Å²) in [4.78, 5) is 26.0. The average Bonchev–Trinajstić information content (AvgIpc) is 3.56. The summed E-state index contributed by atoms with van der Waals surface area (Å²) < 4.78 is 21.4. The van der Waals surface area contributed by atoms with Crippen molar-refractivity contribution in [1.29, 1.82) is 0 Å². The van der Waals surface area contributed by atoms with E-state index in [0.717, 1.165) is 16.2 Å². The van der Waals surface area contributed by atoms with Gasteiger partial charge in [-0.3, -0.25) is 4.79 Å². The van der Waals surface area contributed by atoms with E-state index in [1.165, 1.54) is 12.1 Å². The van der Waals surface area contributed by atoms with Crippen LogP contribution in [0.15, 0.2) is 63.6 Å². The Morgan fingerprint density at radius 3 is 2.78 bits per heavy atom. The minimum Gasteiger partial charge on any atom is -0.493 e. The first-order valence-corrected chi connectivity index (χ1v) is 10.8. The zero-order valence-corrected chi connectivity index (χ0v) is 18.5. The first-order chi connectivity index (χ1) is 15.5. The number of hydrazone groups is 1. The molecule has 32 heavy (non-hydrogen) atoms. The van der Waals surface area contributed by atoms with E-state index in [9.17, 15) is 9.59 Å². The standard InChI is InChI=1S/C23H22N2O6S/c1-15-7-8-19(20(11-15)28-2)30-14-23(27)31-13-22(26)25-17(18-5-3-9-29-18)12-16(24-25)21-6-4-10-32-21/h3-11,17H,12-14H2,1-2H3. The van der Waals surface area contributed by atoms with E-state index in [-0.39, 0.29) is 12.6 Å². The highest BCUT2D eigenvalue weighted by Crippen LogP contribution is 2.34. The number of benzene rings is 1. The minimum absolute atomic E-state index is 0.349. The second-order valence-corrected chi connectivity index (χ2v) is 8.05. The number of methoxy groups -OCH3 is 1. The Balaban J connectivity index is 1.37. The lowest BCUT2D eigenvalue weighted by Crippen LogP contribution is -2.32. The van der Waals surface area contributed by atoms with Gasteiger partial charge in [-0.1, -0.05) is 12.1 Å². The fraction of sp³-hybridized carbons (Fsp3) is 0.261. The summed E-state index contributed by atoms with van der Waals surface area (Å²) in [5, 5.41) is 7.76. The molecule has 4 rings (SSSR count). The van der Waals surface area contributed by atoms with Crippen LogP contribution < -0.4 is 9.47 Å². The molecule has 0 bridgehead atoms. The van der Waals surface area contributed by atoms with Crippen molar-refractivity contribution in [2.45, 2.75) is 19.4 Å². The smallest absolute Gasteiger partial charge is 0.344 e. The summed E-state index contributed by atoms with van der Waals surface area (Å²) in [5.74, 6) is 0.442. The molecule has 1 aromatic carbocycles. The predicted molar refractivity (Wildman–Crippen MR) is 118 cm³/mol. The summed E-state index contributed by atoms with van der Waals surface area (Å²) in [7, 11) is 1.52. The van der Waals surface area contributed by atoms with Gasteiger partial charge in [-0.25, -0.2) is 9.80 Å². The minimum atomic E-state index is -0.669.